The summed E-state index contributed by atoms with van der Waals surface area (Å²) in [5.74, 6) is 0.604. The minimum Gasteiger partial charge on any atom is -0.481 e. The van der Waals surface area contributed by atoms with Gasteiger partial charge in [-0.05, 0) is 75.1 Å². The zero-order chi connectivity index (χ0) is 16.3. The predicted octanol–water partition coefficient (Wildman–Crippen LogP) is 4.33. The molecule has 116 valence electrons. The number of hydrogen-bond donors (Lipinski definition) is 1. The van der Waals surface area contributed by atoms with E-state index in [1.807, 2.05) is 64.1 Å². The van der Waals surface area contributed by atoms with Crippen LogP contribution in [0.25, 0.3) is 0 Å². The standard InChI is InChI=1S/C19H23NO2/c1-12-9-10-17(11-14(12)3)20-19(21)16(5)22-18-8-6-7-13(2)15(18)4/h6-11,16H,1-5H3,(H,20,21)/t16-/m0/s1. The molecule has 1 amide bonds. The molecule has 2 aromatic carbocycles. The molecule has 3 nitrogen and oxygen atoms in total. The highest BCUT2D eigenvalue weighted by Crippen LogP contribution is 2.22. The first-order valence-electron chi connectivity index (χ1n) is 7.49. The molecule has 0 fully saturated rings. The second-order valence-electron chi connectivity index (χ2n) is 5.75. The van der Waals surface area contributed by atoms with Crippen LogP contribution >= 0.6 is 0 Å². The van der Waals surface area contributed by atoms with E-state index in [-0.39, 0.29) is 5.91 Å². The van der Waals surface area contributed by atoms with E-state index in [0.717, 1.165) is 28.1 Å². The molecule has 0 aliphatic heterocycles. The molecule has 3 heteroatoms. The largest absolute Gasteiger partial charge is 0.481 e. The zero-order valence-electron chi connectivity index (χ0n) is 13.9. The summed E-state index contributed by atoms with van der Waals surface area (Å²) in [5.41, 5.74) is 5.37. The summed E-state index contributed by atoms with van der Waals surface area (Å²) in [5, 5.41) is 2.90. The van der Waals surface area contributed by atoms with E-state index >= 15 is 0 Å². The van der Waals surface area contributed by atoms with Crippen molar-refractivity contribution in [2.45, 2.75) is 40.7 Å². The van der Waals surface area contributed by atoms with Crippen LogP contribution in [0.15, 0.2) is 36.4 Å². The number of benzene rings is 2. The zero-order valence-corrected chi connectivity index (χ0v) is 13.9. The molecular weight excluding hydrogens is 274 g/mol. The summed E-state index contributed by atoms with van der Waals surface area (Å²) in [6.07, 6.45) is -0.554. The maximum absolute atomic E-state index is 12.3. The fourth-order valence-corrected chi connectivity index (χ4v) is 2.16. The van der Waals surface area contributed by atoms with Gasteiger partial charge in [-0.3, -0.25) is 4.79 Å². The van der Waals surface area contributed by atoms with Crippen molar-refractivity contribution < 1.29 is 9.53 Å². The van der Waals surface area contributed by atoms with Gasteiger partial charge >= 0.3 is 0 Å². The molecule has 0 radical (unpaired) electrons. The van der Waals surface area contributed by atoms with E-state index in [0.29, 0.717) is 0 Å². The van der Waals surface area contributed by atoms with Gasteiger partial charge in [-0.1, -0.05) is 18.2 Å². The number of nitrogens with one attached hydrogen (secondary N) is 1. The number of aryl methyl sites for hydroxylation is 3. The Morgan fingerprint density at radius 3 is 2.41 bits per heavy atom. The lowest BCUT2D eigenvalue weighted by Crippen LogP contribution is -2.30. The second kappa shape index (κ2) is 6.65. The van der Waals surface area contributed by atoms with Crippen molar-refractivity contribution >= 4 is 11.6 Å². The molecule has 0 heterocycles. The second-order valence-corrected chi connectivity index (χ2v) is 5.75. The summed E-state index contributed by atoms with van der Waals surface area (Å²) < 4.78 is 5.80. The Hall–Kier alpha value is -2.29. The third kappa shape index (κ3) is 3.67. The molecular formula is C19H23NO2. The van der Waals surface area contributed by atoms with Crippen LogP contribution in [0.2, 0.25) is 0 Å². The van der Waals surface area contributed by atoms with Gasteiger partial charge in [0.25, 0.3) is 5.91 Å². The van der Waals surface area contributed by atoms with Gasteiger partial charge in [0.05, 0.1) is 0 Å². The Labute approximate surface area is 132 Å². The minimum atomic E-state index is -0.554. The van der Waals surface area contributed by atoms with Crippen LogP contribution in [-0.2, 0) is 4.79 Å². The Morgan fingerprint density at radius 2 is 1.73 bits per heavy atom. The monoisotopic (exact) mass is 297 g/mol. The van der Waals surface area contributed by atoms with Crippen LogP contribution in [0, 0.1) is 27.7 Å². The topological polar surface area (TPSA) is 38.3 Å². The van der Waals surface area contributed by atoms with Crippen molar-refractivity contribution in [1.29, 1.82) is 0 Å². The van der Waals surface area contributed by atoms with E-state index in [1.54, 1.807) is 6.92 Å². The first-order chi connectivity index (χ1) is 10.4. The maximum atomic E-state index is 12.3. The number of hydrogen-bond acceptors (Lipinski definition) is 2. The highest BCUT2D eigenvalue weighted by Gasteiger charge is 2.16. The Balaban J connectivity index is 2.06. The molecule has 0 saturated carbocycles. The molecule has 0 spiro atoms. The van der Waals surface area contributed by atoms with Crippen molar-refractivity contribution in [3.05, 3.63) is 58.7 Å². The van der Waals surface area contributed by atoms with E-state index < -0.39 is 6.10 Å². The molecule has 0 bridgehead atoms. The van der Waals surface area contributed by atoms with E-state index in [1.165, 1.54) is 5.56 Å². The number of anilines is 1. The molecule has 1 N–H and O–H groups in total. The molecule has 1 atom stereocenters. The van der Waals surface area contributed by atoms with Crippen LogP contribution in [0.3, 0.4) is 0 Å². The lowest BCUT2D eigenvalue weighted by Gasteiger charge is -2.17. The van der Waals surface area contributed by atoms with E-state index in [2.05, 4.69) is 5.32 Å². The van der Waals surface area contributed by atoms with Crippen molar-refractivity contribution in [2.75, 3.05) is 5.32 Å². The van der Waals surface area contributed by atoms with Gasteiger partial charge in [-0.15, -0.1) is 0 Å². The summed E-state index contributed by atoms with van der Waals surface area (Å²) in [7, 11) is 0. The number of carbonyl (C=O) groups excluding carboxylic acids is 1. The van der Waals surface area contributed by atoms with Crippen LogP contribution in [-0.4, -0.2) is 12.0 Å². The quantitative estimate of drug-likeness (QED) is 0.912. The summed E-state index contributed by atoms with van der Waals surface area (Å²) in [4.78, 5) is 12.3. The highest BCUT2D eigenvalue weighted by molar-refractivity contribution is 5.94. The lowest BCUT2D eigenvalue weighted by atomic mass is 10.1. The average molecular weight is 297 g/mol. The molecule has 2 rings (SSSR count). The Kier molecular flexibility index (Phi) is 4.86. The van der Waals surface area contributed by atoms with Crippen molar-refractivity contribution in [1.82, 2.24) is 0 Å². The normalized spacial score (nSPS) is 11.9. The van der Waals surface area contributed by atoms with Crippen LogP contribution in [0.5, 0.6) is 5.75 Å². The molecule has 0 saturated heterocycles. The summed E-state index contributed by atoms with van der Waals surface area (Å²) in [6, 6.07) is 11.7. The average Bonchev–Trinajstić information content (AvgIpc) is 2.47. The van der Waals surface area contributed by atoms with Gasteiger partial charge in [-0.25, -0.2) is 0 Å². The fraction of sp³-hybridized carbons (Fsp3) is 0.316. The SMILES string of the molecule is Cc1ccc(NC(=O)[C@H](C)Oc2cccc(C)c2C)cc1C. The molecule has 0 aliphatic rings. The fourth-order valence-electron chi connectivity index (χ4n) is 2.16. The van der Waals surface area contributed by atoms with Crippen LogP contribution in [0.4, 0.5) is 5.69 Å². The van der Waals surface area contributed by atoms with Crippen molar-refractivity contribution in [3.63, 3.8) is 0 Å². The minimum absolute atomic E-state index is 0.149. The first-order valence-corrected chi connectivity index (χ1v) is 7.49. The van der Waals surface area contributed by atoms with E-state index in [4.69, 9.17) is 4.74 Å². The van der Waals surface area contributed by atoms with Gasteiger partial charge < -0.3 is 10.1 Å². The maximum Gasteiger partial charge on any atom is 0.265 e. The van der Waals surface area contributed by atoms with E-state index in [9.17, 15) is 4.79 Å². The van der Waals surface area contributed by atoms with Gasteiger partial charge in [0.1, 0.15) is 5.75 Å². The summed E-state index contributed by atoms with van der Waals surface area (Å²) >= 11 is 0. The molecule has 22 heavy (non-hydrogen) atoms. The smallest absolute Gasteiger partial charge is 0.265 e. The number of amides is 1. The van der Waals surface area contributed by atoms with Gasteiger partial charge in [-0.2, -0.15) is 0 Å². The van der Waals surface area contributed by atoms with Gasteiger partial charge in [0.15, 0.2) is 6.10 Å². The summed E-state index contributed by atoms with van der Waals surface area (Å²) in [6.45, 7) is 9.87. The predicted molar refractivity (Wildman–Crippen MR) is 90.6 cm³/mol. The van der Waals surface area contributed by atoms with Crippen molar-refractivity contribution in [3.8, 4) is 5.75 Å². The van der Waals surface area contributed by atoms with Crippen molar-refractivity contribution in [2.24, 2.45) is 0 Å². The molecule has 0 aliphatic carbocycles. The van der Waals surface area contributed by atoms with Crippen LogP contribution in [0.1, 0.15) is 29.2 Å². The lowest BCUT2D eigenvalue weighted by molar-refractivity contribution is -0.122. The number of carbonyl (C=O) groups is 1. The number of rotatable bonds is 4. The molecule has 0 unspecified atom stereocenters. The van der Waals surface area contributed by atoms with Crippen LogP contribution < -0.4 is 10.1 Å². The molecule has 0 aromatic heterocycles. The Bertz CT molecular complexity index is 692. The Morgan fingerprint density at radius 1 is 1.00 bits per heavy atom. The van der Waals surface area contributed by atoms with Gasteiger partial charge in [0.2, 0.25) is 0 Å². The third-order valence-electron chi connectivity index (χ3n) is 4.00. The highest BCUT2D eigenvalue weighted by atomic mass is 16.5. The number of ether oxygens (including phenoxy) is 1. The third-order valence-corrected chi connectivity index (χ3v) is 4.00. The molecule has 2 aromatic rings. The van der Waals surface area contributed by atoms with Gasteiger partial charge in [0, 0.05) is 5.69 Å². The first kappa shape index (κ1) is 16.1.